The van der Waals surface area contributed by atoms with Gasteiger partial charge in [0.15, 0.2) is 0 Å². The molecule has 0 saturated heterocycles. The first-order valence-electron chi connectivity index (χ1n) is 7.86. The van der Waals surface area contributed by atoms with Gasteiger partial charge >= 0.3 is 0 Å². The molecule has 1 N–H and O–H groups in total. The highest BCUT2D eigenvalue weighted by molar-refractivity contribution is 5.91. The van der Waals surface area contributed by atoms with Crippen LogP contribution >= 0.6 is 0 Å². The molecule has 0 aliphatic heterocycles. The smallest absolute Gasteiger partial charge is 0.244 e. The highest BCUT2D eigenvalue weighted by atomic mass is 19.1. The minimum Gasteiger partial charge on any atom is -0.351 e. The molecular formula is C19H17FN4O. The predicted octanol–water partition coefficient (Wildman–Crippen LogP) is 2.91. The van der Waals surface area contributed by atoms with Gasteiger partial charge in [0.1, 0.15) is 5.82 Å². The monoisotopic (exact) mass is 336 g/mol. The lowest BCUT2D eigenvalue weighted by atomic mass is 10.1. The Morgan fingerprint density at radius 2 is 1.96 bits per heavy atom. The number of pyridine rings is 1. The molecule has 0 atom stereocenters. The predicted molar refractivity (Wildman–Crippen MR) is 93.9 cm³/mol. The molecule has 0 unspecified atom stereocenters. The van der Waals surface area contributed by atoms with Crippen LogP contribution in [0.3, 0.4) is 0 Å². The fraction of sp³-hybridized carbons (Fsp3) is 0.105. The van der Waals surface area contributed by atoms with E-state index in [9.17, 15) is 9.18 Å². The molecule has 0 bridgehead atoms. The zero-order valence-electron chi connectivity index (χ0n) is 13.5. The first-order valence-corrected chi connectivity index (χ1v) is 7.86. The van der Waals surface area contributed by atoms with Crippen molar-refractivity contribution in [1.82, 2.24) is 20.1 Å². The van der Waals surface area contributed by atoms with Crippen molar-refractivity contribution in [2.75, 3.05) is 6.54 Å². The molecule has 0 aliphatic rings. The summed E-state index contributed by atoms with van der Waals surface area (Å²) in [4.78, 5) is 15.8. The van der Waals surface area contributed by atoms with Crippen molar-refractivity contribution in [3.63, 3.8) is 0 Å². The van der Waals surface area contributed by atoms with Crippen LogP contribution < -0.4 is 5.32 Å². The highest BCUT2D eigenvalue weighted by Gasteiger charge is 2.02. The van der Waals surface area contributed by atoms with Gasteiger partial charge in [0, 0.05) is 42.3 Å². The van der Waals surface area contributed by atoms with Crippen LogP contribution in [0.25, 0.3) is 17.2 Å². The van der Waals surface area contributed by atoms with Gasteiger partial charge in [0.2, 0.25) is 5.91 Å². The Labute approximate surface area is 144 Å². The maximum atomic E-state index is 13.5. The maximum Gasteiger partial charge on any atom is 0.244 e. The fourth-order valence-corrected chi connectivity index (χ4v) is 2.31. The summed E-state index contributed by atoms with van der Waals surface area (Å²) in [6.45, 7) is 0.974. The second-order valence-electron chi connectivity index (χ2n) is 5.37. The van der Waals surface area contributed by atoms with Crippen LogP contribution in [0.4, 0.5) is 4.39 Å². The van der Waals surface area contributed by atoms with E-state index in [1.165, 1.54) is 18.2 Å². The van der Waals surface area contributed by atoms with Gasteiger partial charge in [-0.1, -0.05) is 18.2 Å². The van der Waals surface area contributed by atoms with E-state index >= 15 is 0 Å². The summed E-state index contributed by atoms with van der Waals surface area (Å²) in [6.07, 6.45) is 9.93. The van der Waals surface area contributed by atoms with Gasteiger partial charge in [-0.3, -0.25) is 14.5 Å². The van der Waals surface area contributed by atoms with Gasteiger partial charge in [-0.2, -0.15) is 5.10 Å². The Bertz CT molecular complexity index is 874. The number of halogens is 1. The molecule has 3 aromatic rings. The Balaban J connectivity index is 1.49. The summed E-state index contributed by atoms with van der Waals surface area (Å²) in [6, 6.07) is 10.1. The summed E-state index contributed by atoms with van der Waals surface area (Å²) in [5, 5.41) is 7.02. The molecule has 2 aromatic heterocycles. The molecule has 0 radical (unpaired) electrons. The topological polar surface area (TPSA) is 59.8 Å². The van der Waals surface area contributed by atoms with Crippen molar-refractivity contribution in [2.45, 2.75) is 6.54 Å². The lowest BCUT2D eigenvalue weighted by Crippen LogP contribution is -2.25. The van der Waals surface area contributed by atoms with E-state index < -0.39 is 0 Å². The van der Waals surface area contributed by atoms with Crippen LogP contribution in [0.1, 0.15) is 5.56 Å². The van der Waals surface area contributed by atoms with Gasteiger partial charge in [-0.05, 0) is 29.8 Å². The van der Waals surface area contributed by atoms with Crippen LogP contribution in [-0.4, -0.2) is 27.2 Å². The summed E-state index contributed by atoms with van der Waals surface area (Å²) in [5.41, 5.74) is 2.41. The summed E-state index contributed by atoms with van der Waals surface area (Å²) in [7, 11) is 0. The quantitative estimate of drug-likeness (QED) is 0.704. The van der Waals surface area contributed by atoms with Gasteiger partial charge in [-0.25, -0.2) is 4.39 Å². The summed E-state index contributed by atoms with van der Waals surface area (Å²) in [5.74, 6) is -0.628. The molecule has 1 amide bonds. The average Bonchev–Trinajstić information content (AvgIpc) is 3.11. The minimum atomic E-state index is -0.355. The van der Waals surface area contributed by atoms with Crippen molar-refractivity contribution < 1.29 is 9.18 Å². The molecule has 0 fully saturated rings. The number of amides is 1. The third kappa shape index (κ3) is 4.60. The van der Waals surface area contributed by atoms with Crippen molar-refractivity contribution in [3.8, 4) is 11.1 Å². The second-order valence-corrected chi connectivity index (χ2v) is 5.37. The van der Waals surface area contributed by atoms with Crippen LogP contribution in [0.5, 0.6) is 0 Å². The van der Waals surface area contributed by atoms with Crippen molar-refractivity contribution in [2.24, 2.45) is 0 Å². The SMILES string of the molecule is O=C(C=Cc1ccccc1F)NCCn1cc(-c2ccncc2)cn1. The molecule has 0 aliphatic carbocycles. The van der Waals surface area contributed by atoms with Crippen LogP contribution in [0, 0.1) is 5.82 Å². The summed E-state index contributed by atoms with van der Waals surface area (Å²) >= 11 is 0. The number of benzene rings is 1. The van der Waals surface area contributed by atoms with Crippen molar-refractivity contribution in [3.05, 3.63) is 78.6 Å². The van der Waals surface area contributed by atoms with E-state index in [2.05, 4.69) is 15.4 Å². The minimum absolute atomic E-state index is 0.273. The van der Waals surface area contributed by atoms with Crippen LogP contribution in [-0.2, 0) is 11.3 Å². The fourth-order valence-electron chi connectivity index (χ4n) is 2.31. The zero-order valence-corrected chi connectivity index (χ0v) is 13.5. The average molecular weight is 336 g/mol. The number of hydrogen-bond acceptors (Lipinski definition) is 3. The molecular weight excluding hydrogens is 319 g/mol. The van der Waals surface area contributed by atoms with E-state index in [4.69, 9.17) is 0 Å². The number of hydrogen-bond donors (Lipinski definition) is 1. The second kappa shape index (κ2) is 8.01. The van der Waals surface area contributed by atoms with Crippen molar-refractivity contribution >= 4 is 12.0 Å². The molecule has 5 nitrogen and oxygen atoms in total. The Kier molecular flexibility index (Phi) is 5.31. The highest BCUT2D eigenvalue weighted by Crippen LogP contribution is 2.16. The Morgan fingerprint density at radius 3 is 2.76 bits per heavy atom. The van der Waals surface area contributed by atoms with Gasteiger partial charge < -0.3 is 5.32 Å². The number of nitrogens with one attached hydrogen (secondary N) is 1. The first-order chi connectivity index (χ1) is 12.2. The normalized spacial score (nSPS) is 10.9. The van der Waals surface area contributed by atoms with Crippen molar-refractivity contribution in [1.29, 1.82) is 0 Å². The lowest BCUT2D eigenvalue weighted by Gasteiger charge is -2.03. The number of carbonyl (C=O) groups is 1. The molecule has 25 heavy (non-hydrogen) atoms. The molecule has 0 spiro atoms. The number of nitrogens with zero attached hydrogens (tertiary/aromatic N) is 3. The molecule has 2 heterocycles. The van der Waals surface area contributed by atoms with E-state index in [1.54, 1.807) is 41.5 Å². The molecule has 0 saturated carbocycles. The van der Waals surface area contributed by atoms with E-state index in [-0.39, 0.29) is 11.7 Å². The van der Waals surface area contributed by atoms with Gasteiger partial charge in [0.25, 0.3) is 0 Å². The van der Waals surface area contributed by atoms with Crippen LogP contribution in [0.15, 0.2) is 67.3 Å². The first kappa shape index (κ1) is 16.6. The van der Waals surface area contributed by atoms with Crippen LogP contribution in [0.2, 0.25) is 0 Å². The molecule has 6 heteroatoms. The molecule has 1 aromatic carbocycles. The lowest BCUT2D eigenvalue weighted by molar-refractivity contribution is -0.116. The number of aromatic nitrogens is 3. The molecule has 3 rings (SSSR count). The van der Waals surface area contributed by atoms with Gasteiger partial charge in [0.05, 0.1) is 12.7 Å². The summed E-state index contributed by atoms with van der Waals surface area (Å²) < 4.78 is 15.2. The Hall–Kier alpha value is -3.28. The number of carbonyl (C=O) groups excluding carboxylic acids is 1. The number of rotatable bonds is 6. The van der Waals surface area contributed by atoms with E-state index in [0.29, 0.717) is 18.7 Å². The zero-order chi connectivity index (χ0) is 17.5. The maximum absolute atomic E-state index is 13.5. The van der Waals surface area contributed by atoms with E-state index in [0.717, 1.165) is 11.1 Å². The van der Waals surface area contributed by atoms with E-state index in [1.807, 2.05) is 18.3 Å². The third-order valence-corrected chi connectivity index (χ3v) is 3.61. The third-order valence-electron chi connectivity index (χ3n) is 3.61. The van der Waals surface area contributed by atoms with Gasteiger partial charge in [-0.15, -0.1) is 0 Å². The standard InChI is InChI=1S/C19H17FN4O/c20-18-4-2-1-3-16(18)5-6-19(25)22-11-12-24-14-17(13-23-24)15-7-9-21-10-8-15/h1-10,13-14H,11-12H2,(H,22,25). The largest absolute Gasteiger partial charge is 0.351 e. The molecule has 126 valence electrons. The Morgan fingerprint density at radius 1 is 1.16 bits per heavy atom.